The summed E-state index contributed by atoms with van der Waals surface area (Å²) in [6, 6.07) is 8.29. The molecule has 2 aromatic rings. The summed E-state index contributed by atoms with van der Waals surface area (Å²) in [6.45, 7) is 8.17. The van der Waals surface area contributed by atoms with Gasteiger partial charge in [-0.3, -0.25) is 10.1 Å². The molecule has 0 aliphatic rings. The van der Waals surface area contributed by atoms with Crippen LogP contribution in [0.25, 0.3) is 0 Å². The van der Waals surface area contributed by atoms with Crippen LogP contribution >= 0.6 is 0 Å². The lowest BCUT2D eigenvalue weighted by Crippen LogP contribution is -2.31. The van der Waals surface area contributed by atoms with E-state index in [1.54, 1.807) is 38.3 Å². The number of anilines is 1. The summed E-state index contributed by atoms with van der Waals surface area (Å²) >= 11 is 0. The maximum absolute atomic E-state index is 12.7. The molecule has 0 saturated carbocycles. The largest absolute Gasteiger partial charge is 0.468 e. The van der Waals surface area contributed by atoms with Gasteiger partial charge in [0.2, 0.25) is 15.9 Å². The van der Waals surface area contributed by atoms with Crippen LogP contribution in [0.3, 0.4) is 0 Å². The van der Waals surface area contributed by atoms with Crippen molar-refractivity contribution in [2.45, 2.75) is 38.6 Å². The maximum atomic E-state index is 12.7. The standard InChI is InChI=1S/C19H27N3O4S/c1-5-22(6-2)27(24,25)16-10-9-14(3)17(12-16)21-19(23)13-20-15(4)18-8-7-11-26-18/h7-12,15,20H,5-6,13H2,1-4H3,(H,21,23)/t15-/m0/s1. The summed E-state index contributed by atoms with van der Waals surface area (Å²) in [5.74, 6) is 0.486. The van der Waals surface area contributed by atoms with Crippen LogP contribution in [0, 0.1) is 6.92 Å². The Morgan fingerprint density at radius 1 is 1.22 bits per heavy atom. The lowest BCUT2D eigenvalue weighted by molar-refractivity contribution is -0.115. The van der Waals surface area contributed by atoms with Gasteiger partial charge < -0.3 is 9.73 Å². The third-order valence-electron chi connectivity index (χ3n) is 4.37. The quantitative estimate of drug-likeness (QED) is 0.683. The normalized spacial score (nSPS) is 12.9. The molecule has 2 N–H and O–H groups in total. The van der Waals surface area contributed by atoms with Gasteiger partial charge in [-0.25, -0.2) is 8.42 Å². The minimum atomic E-state index is -3.58. The van der Waals surface area contributed by atoms with Crippen molar-refractivity contribution in [3.63, 3.8) is 0 Å². The number of carbonyl (C=O) groups is 1. The highest BCUT2D eigenvalue weighted by molar-refractivity contribution is 7.89. The Hall–Kier alpha value is -2.16. The Kier molecular flexibility index (Phi) is 7.18. The molecule has 148 valence electrons. The summed E-state index contributed by atoms with van der Waals surface area (Å²) in [5, 5.41) is 5.86. The van der Waals surface area contributed by atoms with Crippen molar-refractivity contribution in [3.05, 3.63) is 47.9 Å². The highest BCUT2D eigenvalue weighted by Gasteiger charge is 2.22. The van der Waals surface area contributed by atoms with E-state index in [0.29, 0.717) is 18.8 Å². The number of benzene rings is 1. The van der Waals surface area contributed by atoms with Gasteiger partial charge in [-0.1, -0.05) is 19.9 Å². The first-order chi connectivity index (χ1) is 12.8. The van der Waals surface area contributed by atoms with Crippen LogP contribution in [-0.2, 0) is 14.8 Å². The molecule has 0 saturated heterocycles. The molecule has 1 atom stereocenters. The molecular formula is C19H27N3O4S. The van der Waals surface area contributed by atoms with Gasteiger partial charge in [0.25, 0.3) is 0 Å². The van der Waals surface area contributed by atoms with Crippen LogP contribution in [0.4, 0.5) is 5.69 Å². The predicted octanol–water partition coefficient (Wildman–Crippen LogP) is 2.91. The monoisotopic (exact) mass is 393 g/mol. The summed E-state index contributed by atoms with van der Waals surface area (Å²) in [6.07, 6.45) is 1.58. The molecule has 1 amide bonds. The fourth-order valence-electron chi connectivity index (χ4n) is 2.69. The second-order valence-electron chi connectivity index (χ2n) is 6.23. The number of hydrogen-bond acceptors (Lipinski definition) is 5. The van der Waals surface area contributed by atoms with Crippen LogP contribution in [0.5, 0.6) is 0 Å². The molecule has 0 radical (unpaired) electrons. The number of carbonyl (C=O) groups excluding carboxylic acids is 1. The Bertz CT molecular complexity index is 859. The van der Waals surface area contributed by atoms with E-state index in [0.717, 1.165) is 11.3 Å². The zero-order valence-corrected chi connectivity index (χ0v) is 17.0. The van der Waals surface area contributed by atoms with Crippen LogP contribution in [0.1, 0.15) is 38.1 Å². The Morgan fingerprint density at radius 3 is 2.52 bits per heavy atom. The number of nitrogens with zero attached hydrogens (tertiary/aromatic N) is 1. The highest BCUT2D eigenvalue weighted by atomic mass is 32.2. The van der Waals surface area contributed by atoms with Crippen molar-refractivity contribution in [2.24, 2.45) is 0 Å². The first-order valence-corrected chi connectivity index (χ1v) is 10.4. The molecule has 0 aliphatic heterocycles. The lowest BCUT2D eigenvalue weighted by atomic mass is 10.2. The molecule has 0 fully saturated rings. The van der Waals surface area contributed by atoms with Gasteiger partial charge in [0, 0.05) is 18.8 Å². The minimum Gasteiger partial charge on any atom is -0.468 e. The van der Waals surface area contributed by atoms with Crippen molar-refractivity contribution in [2.75, 3.05) is 25.0 Å². The maximum Gasteiger partial charge on any atom is 0.243 e. The van der Waals surface area contributed by atoms with E-state index < -0.39 is 10.0 Å². The lowest BCUT2D eigenvalue weighted by Gasteiger charge is -2.19. The third kappa shape index (κ3) is 5.18. The zero-order chi connectivity index (χ0) is 20.0. The summed E-state index contributed by atoms with van der Waals surface area (Å²) in [5.41, 5.74) is 1.28. The Labute approximate surface area is 160 Å². The van der Waals surface area contributed by atoms with Gasteiger partial charge >= 0.3 is 0 Å². The molecule has 1 heterocycles. The number of furan rings is 1. The fourth-order valence-corrected chi connectivity index (χ4v) is 4.17. The van der Waals surface area contributed by atoms with Crippen LogP contribution < -0.4 is 10.6 Å². The molecule has 0 spiro atoms. The van der Waals surface area contributed by atoms with Crippen molar-refractivity contribution < 1.29 is 17.6 Å². The number of sulfonamides is 1. The predicted molar refractivity (Wildman–Crippen MR) is 105 cm³/mol. The fraction of sp³-hybridized carbons (Fsp3) is 0.421. The summed E-state index contributed by atoms with van der Waals surface area (Å²) in [4.78, 5) is 12.5. The van der Waals surface area contributed by atoms with E-state index in [4.69, 9.17) is 4.42 Å². The van der Waals surface area contributed by atoms with E-state index in [2.05, 4.69) is 10.6 Å². The second kappa shape index (κ2) is 9.16. The zero-order valence-electron chi connectivity index (χ0n) is 16.2. The van der Waals surface area contributed by atoms with Gasteiger partial charge in [0.05, 0.1) is 23.7 Å². The number of amides is 1. The summed E-state index contributed by atoms with van der Waals surface area (Å²) < 4.78 is 32.0. The first kappa shape index (κ1) is 21.1. The van der Waals surface area contributed by atoms with Crippen molar-refractivity contribution in [3.8, 4) is 0 Å². The minimum absolute atomic E-state index is 0.0777. The van der Waals surface area contributed by atoms with E-state index in [1.807, 2.05) is 19.9 Å². The van der Waals surface area contributed by atoms with Gasteiger partial charge in [-0.2, -0.15) is 4.31 Å². The summed E-state index contributed by atoms with van der Waals surface area (Å²) in [7, 11) is -3.58. The Morgan fingerprint density at radius 2 is 1.93 bits per heavy atom. The van der Waals surface area contributed by atoms with E-state index in [-0.39, 0.29) is 23.4 Å². The Balaban J connectivity index is 2.08. The molecule has 7 nitrogen and oxygen atoms in total. The van der Waals surface area contributed by atoms with Gasteiger partial charge in [0.15, 0.2) is 0 Å². The van der Waals surface area contributed by atoms with Crippen molar-refractivity contribution in [1.82, 2.24) is 9.62 Å². The van der Waals surface area contributed by atoms with E-state index in [1.165, 1.54) is 10.4 Å². The third-order valence-corrected chi connectivity index (χ3v) is 6.41. The SMILES string of the molecule is CCN(CC)S(=O)(=O)c1ccc(C)c(NC(=O)CN[C@@H](C)c2ccco2)c1. The van der Waals surface area contributed by atoms with Crippen molar-refractivity contribution >= 4 is 21.6 Å². The molecular weight excluding hydrogens is 366 g/mol. The van der Waals surface area contributed by atoms with Crippen LogP contribution in [0.2, 0.25) is 0 Å². The van der Waals surface area contributed by atoms with E-state index >= 15 is 0 Å². The highest BCUT2D eigenvalue weighted by Crippen LogP contribution is 2.23. The molecule has 0 unspecified atom stereocenters. The molecule has 8 heteroatoms. The molecule has 27 heavy (non-hydrogen) atoms. The van der Waals surface area contributed by atoms with Gasteiger partial charge in [-0.15, -0.1) is 0 Å². The average Bonchev–Trinajstić information content (AvgIpc) is 3.17. The first-order valence-electron chi connectivity index (χ1n) is 8.97. The molecule has 0 bridgehead atoms. The average molecular weight is 394 g/mol. The number of rotatable bonds is 9. The number of aryl methyl sites for hydroxylation is 1. The van der Waals surface area contributed by atoms with Crippen molar-refractivity contribution in [1.29, 1.82) is 0 Å². The van der Waals surface area contributed by atoms with Gasteiger partial charge in [0.1, 0.15) is 5.76 Å². The second-order valence-corrected chi connectivity index (χ2v) is 8.17. The number of hydrogen-bond donors (Lipinski definition) is 2. The van der Waals surface area contributed by atoms with Crippen LogP contribution in [-0.4, -0.2) is 38.3 Å². The van der Waals surface area contributed by atoms with Gasteiger partial charge in [-0.05, 0) is 43.7 Å². The molecule has 0 aliphatic carbocycles. The smallest absolute Gasteiger partial charge is 0.243 e. The molecule has 2 rings (SSSR count). The topological polar surface area (TPSA) is 91.7 Å². The molecule has 1 aromatic carbocycles. The molecule has 1 aromatic heterocycles. The van der Waals surface area contributed by atoms with E-state index in [9.17, 15) is 13.2 Å². The van der Waals surface area contributed by atoms with Crippen LogP contribution in [0.15, 0.2) is 45.9 Å². The number of nitrogens with one attached hydrogen (secondary N) is 2.